The lowest BCUT2D eigenvalue weighted by Crippen LogP contribution is -2.51. The second-order valence-electron chi connectivity index (χ2n) is 11.8. The highest BCUT2D eigenvalue weighted by molar-refractivity contribution is 6.34. The highest BCUT2D eigenvalue weighted by atomic mass is 35.5. The second kappa shape index (κ2) is 9.29. The van der Waals surface area contributed by atoms with Gasteiger partial charge >= 0.3 is 6.01 Å². The molecule has 4 aliphatic heterocycles. The van der Waals surface area contributed by atoms with Gasteiger partial charge in [-0.3, -0.25) is 4.90 Å². The van der Waals surface area contributed by atoms with Crippen LogP contribution in [0.25, 0.3) is 33.1 Å². The van der Waals surface area contributed by atoms with E-state index in [1.165, 1.54) is 51.6 Å². The lowest BCUT2D eigenvalue weighted by atomic mass is 9.95. The molecule has 4 fully saturated rings. The smallest absolute Gasteiger partial charge is 0.320 e. The molecule has 0 radical (unpaired) electrons. The Morgan fingerprint density at radius 2 is 1.69 bits per heavy atom. The molecule has 4 saturated heterocycles. The Bertz CT molecular complexity index is 1550. The van der Waals surface area contributed by atoms with E-state index in [2.05, 4.69) is 57.6 Å². The van der Waals surface area contributed by atoms with Gasteiger partial charge in [0.1, 0.15) is 12.4 Å². The third-order valence-corrected chi connectivity index (χ3v) is 9.73. The Morgan fingerprint density at radius 3 is 2.51 bits per heavy atom. The molecule has 8 heteroatoms. The number of hydrogen-bond acceptors (Lipinski definition) is 7. The number of aromatic nitrogens is 3. The van der Waals surface area contributed by atoms with Gasteiger partial charge in [0.15, 0.2) is 5.65 Å². The van der Waals surface area contributed by atoms with E-state index >= 15 is 0 Å². The SMILES string of the molecule is Clc1cc2c(N3CC4CCC(C3)N4)nc(OCC34CCCN3CCC4)nc2nc1-c1cccc2ccccc12. The summed E-state index contributed by atoms with van der Waals surface area (Å²) in [6.07, 6.45) is 7.27. The normalized spacial score (nSPS) is 24.1. The molecule has 2 aromatic heterocycles. The van der Waals surface area contributed by atoms with Gasteiger partial charge in [-0.25, -0.2) is 4.98 Å². The molecule has 0 saturated carbocycles. The molecular weight excluding hydrogens is 508 g/mol. The van der Waals surface area contributed by atoms with Crippen molar-refractivity contribution in [3.63, 3.8) is 0 Å². The van der Waals surface area contributed by atoms with Gasteiger partial charge in [0, 0.05) is 30.7 Å². The number of piperazine rings is 1. The molecule has 0 amide bonds. The minimum Gasteiger partial charge on any atom is -0.461 e. The van der Waals surface area contributed by atoms with Gasteiger partial charge in [0.25, 0.3) is 0 Å². The van der Waals surface area contributed by atoms with E-state index in [-0.39, 0.29) is 5.54 Å². The van der Waals surface area contributed by atoms with Crippen molar-refractivity contribution < 1.29 is 4.74 Å². The topological polar surface area (TPSA) is 66.4 Å². The quantitative estimate of drug-likeness (QED) is 0.361. The lowest BCUT2D eigenvalue weighted by molar-refractivity contribution is 0.108. The Labute approximate surface area is 233 Å². The number of rotatable bonds is 5. The van der Waals surface area contributed by atoms with Crippen molar-refractivity contribution in [2.75, 3.05) is 37.7 Å². The maximum Gasteiger partial charge on any atom is 0.320 e. The molecule has 1 N–H and O–H groups in total. The number of halogens is 1. The second-order valence-corrected chi connectivity index (χ2v) is 12.2. The molecule has 0 spiro atoms. The first-order chi connectivity index (χ1) is 19.1. The van der Waals surface area contributed by atoms with E-state index in [9.17, 15) is 0 Å². The Morgan fingerprint density at radius 1 is 0.923 bits per heavy atom. The van der Waals surface area contributed by atoms with Gasteiger partial charge in [-0.05, 0) is 68.5 Å². The molecular formula is C31H33ClN6O. The third-order valence-electron chi connectivity index (χ3n) is 9.44. The van der Waals surface area contributed by atoms with Crippen molar-refractivity contribution in [1.29, 1.82) is 0 Å². The summed E-state index contributed by atoms with van der Waals surface area (Å²) in [5, 5.41) is 7.52. The van der Waals surface area contributed by atoms with Crippen molar-refractivity contribution in [1.82, 2.24) is 25.2 Å². The Kier molecular flexibility index (Phi) is 5.68. The van der Waals surface area contributed by atoms with Crippen molar-refractivity contribution in [2.45, 2.75) is 56.1 Å². The van der Waals surface area contributed by atoms with E-state index in [1.807, 2.05) is 6.07 Å². The van der Waals surface area contributed by atoms with Gasteiger partial charge in [0.05, 0.1) is 21.6 Å². The van der Waals surface area contributed by atoms with Gasteiger partial charge in [-0.2, -0.15) is 9.97 Å². The predicted molar refractivity (Wildman–Crippen MR) is 156 cm³/mol. The standard InChI is InChI=1S/C31H33ClN6O/c32-26-16-25-28(34-27(26)24-9-3-7-20-6-1-2-8-23(20)24)35-30(39-19-31-12-4-14-38(31)15-5-13-31)36-29(25)37-17-21-10-11-22(18-37)33-21/h1-3,6-9,16,21-22,33H,4-5,10-15,17-19H2. The van der Waals surface area contributed by atoms with E-state index in [1.54, 1.807) is 0 Å². The van der Waals surface area contributed by atoms with E-state index < -0.39 is 0 Å². The zero-order valence-electron chi connectivity index (χ0n) is 22.1. The summed E-state index contributed by atoms with van der Waals surface area (Å²) in [5.41, 5.74) is 2.52. The van der Waals surface area contributed by atoms with Crippen LogP contribution in [0.4, 0.5) is 5.82 Å². The molecule has 2 bridgehead atoms. The first-order valence-electron chi connectivity index (χ1n) is 14.4. The molecule has 8 rings (SSSR count). The molecule has 0 aliphatic carbocycles. The van der Waals surface area contributed by atoms with Crippen molar-refractivity contribution >= 4 is 39.2 Å². The summed E-state index contributed by atoms with van der Waals surface area (Å²) in [4.78, 5) is 20.0. The van der Waals surface area contributed by atoms with Gasteiger partial charge < -0.3 is 15.0 Å². The zero-order valence-corrected chi connectivity index (χ0v) is 22.8. The number of nitrogens with one attached hydrogen (secondary N) is 1. The summed E-state index contributed by atoms with van der Waals surface area (Å²) in [5.74, 6) is 0.888. The molecule has 2 atom stereocenters. The zero-order chi connectivity index (χ0) is 26.0. The lowest BCUT2D eigenvalue weighted by Gasteiger charge is -2.34. The van der Waals surface area contributed by atoms with Crippen LogP contribution in [0.2, 0.25) is 5.02 Å². The van der Waals surface area contributed by atoms with Gasteiger partial charge in [-0.15, -0.1) is 0 Å². The summed E-state index contributed by atoms with van der Waals surface area (Å²) in [6.45, 7) is 4.82. The number of anilines is 1. The summed E-state index contributed by atoms with van der Waals surface area (Å²) in [6, 6.07) is 18.0. The van der Waals surface area contributed by atoms with E-state index in [4.69, 9.17) is 31.3 Å². The van der Waals surface area contributed by atoms with Crippen LogP contribution in [0.1, 0.15) is 38.5 Å². The average molecular weight is 541 g/mol. The fourth-order valence-corrected chi connectivity index (χ4v) is 7.80. The molecule has 2 unspecified atom stereocenters. The van der Waals surface area contributed by atoms with Crippen molar-refractivity contribution in [3.05, 3.63) is 53.6 Å². The number of hydrogen-bond donors (Lipinski definition) is 1. The van der Waals surface area contributed by atoms with Crippen LogP contribution >= 0.6 is 11.6 Å². The van der Waals surface area contributed by atoms with Crippen molar-refractivity contribution in [2.24, 2.45) is 0 Å². The first-order valence-corrected chi connectivity index (χ1v) is 14.8. The summed E-state index contributed by atoms with van der Waals surface area (Å²) < 4.78 is 6.47. The summed E-state index contributed by atoms with van der Waals surface area (Å²) >= 11 is 6.98. The number of nitrogens with zero attached hydrogens (tertiary/aromatic N) is 5. The summed E-state index contributed by atoms with van der Waals surface area (Å²) in [7, 11) is 0. The molecule has 4 aliphatic rings. The van der Waals surface area contributed by atoms with Crippen LogP contribution in [0.3, 0.4) is 0 Å². The average Bonchev–Trinajstić information content (AvgIpc) is 3.64. The van der Waals surface area contributed by atoms with Crippen LogP contribution in [0, 0.1) is 0 Å². The van der Waals surface area contributed by atoms with Gasteiger partial charge in [-0.1, -0.05) is 54.1 Å². The van der Waals surface area contributed by atoms with Crippen LogP contribution in [-0.2, 0) is 0 Å². The Hall–Kier alpha value is -3.00. The number of pyridine rings is 1. The molecule has 200 valence electrons. The first kappa shape index (κ1) is 23.9. The van der Waals surface area contributed by atoms with Crippen LogP contribution < -0.4 is 15.0 Å². The monoisotopic (exact) mass is 540 g/mol. The number of fused-ring (bicyclic) bond motifs is 5. The largest absolute Gasteiger partial charge is 0.461 e. The van der Waals surface area contributed by atoms with E-state index in [0.29, 0.717) is 35.4 Å². The highest BCUT2D eigenvalue weighted by Crippen LogP contribution is 2.40. The maximum absolute atomic E-state index is 6.98. The minimum absolute atomic E-state index is 0.133. The number of ether oxygens (including phenoxy) is 1. The Balaban J connectivity index is 1.24. The van der Waals surface area contributed by atoms with Crippen LogP contribution in [0.15, 0.2) is 48.5 Å². The minimum atomic E-state index is 0.133. The van der Waals surface area contributed by atoms with Crippen molar-refractivity contribution in [3.8, 4) is 17.3 Å². The molecule has 2 aromatic carbocycles. The molecule has 6 heterocycles. The maximum atomic E-state index is 6.98. The van der Waals surface area contributed by atoms with E-state index in [0.717, 1.165) is 46.3 Å². The third kappa shape index (κ3) is 4.05. The molecule has 7 nitrogen and oxygen atoms in total. The predicted octanol–water partition coefficient (Wildman–Crippen LogP) is 5.45. The fourth-order valence-electron chi connectivity index (χ4n) is 7.55. The fraction of sp³-hybridized carbons (Fsp3) is 0.452. The van der Waals surface area contributed by atoms with Crippen LogP contribution in [-0.4, -0.2) is 70.3 Å². The molecule has 4 aromatic rings. The number of benzene rings is 2. The highest BCUT2D eigenvalue weighted by Gasteiger charge is 2.45. The van der Waals surface area contributed by atoms with Gasteiger partial charge in [0.2, 0.25) is 0 Å². The van der Waals surface area contributed by atoms with Crippen LogP contribution in [0.5, 0.6) is 6.01 Å². The molecule has 39 heavy (non-hydrogen) atoms.